The number of fused-ring (bicyclic) bond motifs is 1. The van der Waals surface area contributed by atoms with E-state index in [4.69, 9.17) is 14.2 Å². The number of carbonyl (C=O) groups is 3. The highest BCUT2D eigenvalue weighted by molar-refractivity contribution is 5.95. The van der Waals surface area contributed by atoms with Crippen molar-refractivity contribution < 1.29 is 28.6 Å². The largest absolute Gasteiger partial charge is 0.483 e. The van der Waals surface area contributed by atoms with Gasteiger partial charge >= 0.3 is 12.0 Å². The van der Waals surface area contributed by atoms with Crippen LogP contribution in [0, 0.1) is 0 Å². The summed E-state index contributed by atoms with van der Waals surface area (Å²) in [6, 6.07) is 4.79. The van der Waals surface area contributed by atoms with E-state index >= 15 is 0 Å². The first-order chi connectivity index (χ1) is 11.3. The first-order valence-electron chi connectivity index (χ1n) is 7.41. The van der Waals surface area contributed by atoms with Gasteiger partial charge in [0, 0.05) is 19.0 Å². The van der Waals surface area contributed by atoms with E-state index in [1.165, 1.54) is 7.05 Å². The Morgan fingerprint density at radius 1 is 1.25 bits per heavy atom. The molecule has 2 N–H and O–H groups in total. The average Bonchev–Trinajstić information content (AvgIpc) is 2.85. The van der Waals surface area contributed by atoms with E-state index in [2.05, 4.69) is 5.32 Å². The molecule has 8 heteroatoms. The summed E-state index contributed by atoms with van der Waals surface area (Å²) in [4.78, 5) is 33.9. The molecule has 1 heterocycles. The van der Waals surface area contributed by atoms with Gasteiger partial charge in [-0.15, -0.1) is 0 Å². The molecule has 0 fully saturated rings. The lowest BCUT2D eigenvalue weighted by atomic mass is 10.0. The number of hydrogen-bond donors (Lipinski definition) is 2. The third-order valence-corrected chi connectivity index (χ3v) is 3.24. The van der Waals surface area contributed by atoms with Crippen LogP contribution < -0.4 is 20.1 Å². The van der Waals surface area contributed by atoms with Gasteiger partial charge in [-0.2, -0.15) is 0 Å². The molecule has 1 aliphatic rings. The number of urea groups is 1. The maximum Gasteiger partial charge on any atom is 0.344 e. The van der Waals surface area contributed by atoms with Crippen molar-refractivity contribution >= 4 is 17.9 Å². The van der Waals surface area contributed by atoms with Crippen LogP contribution >= 0.6 is 0 Å². The normalized spacial score (nSPS) is 14.1. The number of hydrogen-bond acceptors (Lipinski definition) is 6. The average molecular weight is 336 g/mol. The minimum Gasteiger partial charge on any atom is -0.483 e. The van der Waals surface area contributed by atoms with Crippen LogP contribution in [-0.2, 0) is 20.7 Å². The molecule has 0 aromatic heterocycles. The van der Waals surface area contributed by atoms with Crippen LogP contribution in [-0.4, -0.2) is 43.8 Å². The fourth-order valence-corrected chi connectivity index (χ4v) is 2.25. The Bertz CT molecular complexity index is 656. The minimum atomic E-state index is -0.728. The Morgan fingerprint density at radius 2 is 2.00 bits per heavy atom. The number of ether oxygens (including phenoxy) is 3. The number of imide groups is 1. The number of nitrogens with one attached hydrogen (secondary N) is 2. The highest BCUT2D eigenvalue weighted by Gasteiger charge is 2.32. The topological polar surface area (TPSA) is 103 Å². The summed E-state index contributed by atoms with van der Waals surface area (Å²) in [5.74, 6) is -0.386. The molecule has 130 valence electrons. The molecule has 2 rings (SSSR count). The molecule has 8 nitrogen and oxygen atoms in total. The summed E-state index contributed by atoms with van der Waals surface area (Å²) in [5.41, 5.74) is 0.691. The standard InChI is InChI=1S/C16H20N2O6/c1-16(2)7-10-5-4-6-11(14(10)24-16)22-9-13(20)23-8-12(19)18-15(21)17-3/h4-6H,7-9H2,1-3H3,(H2,17,18,19,21). The van der Waals surface area contributed by atoms with Gasteiger partial charge < -0.3 is 19.5 Å². The van der Waals surface area contributed by atoms with E-state index < -0.39 is 24.5 Å². The van der Waals surface area contributed by atoms with Crippen LogP contribution in [0.1, 0.15) is 19.4 Å². The molecule has 1 aliphatic heterocycles. The lowest BCUT2D eigenvalue weighted by Crippen LogP contribution is -2.40. The zero-order chi connectivity index (χ0) is 17.7. The second kappa shape index (κ2) is 7.20. The molecule has 0 radical (unpaired) electrons. The lowest BCUT2D eigenvalue weighted by molar-refractivity contribution is -0.150. The molecule has 0 spiro atoms. The smallest absolute Gasteiger partial charge is 0.344 e. The van der Waals surface area contributed by atoms with E-state index in [1.54, 1.807) is 6.07 Å². The Morgan fingerprint density at radius 3 is 2.71 bits per heavy atom. The summed E-state index contributed by atoms with van der Waals surface area (Å²) < 4.78 is 16.0. The van der Waals surface area contributed by atoms with Crippen molar-refractivity contribution in [2.24, 2.45) is 0 Å². The van der Waals surface area contributed by atoms with Crippen LogP contribution in [0.15, 0.2) is 18.2 Å². The molecule has 3 amide bonds. The van der Waals surface area contributed by atoms with E-state index in [-0.39, 0.29) is 12.2 Å². The molecule has 1 aromatic carbocycles. The van der Waals surface area contributed by atoms with Crippen LogP contribution in [0.3, 0.4) is 0 Å². The summed E-state index contributed by atoms with van der Waals surface area (Å²) in [6.45, 7) is 3.01. The summed E-state index contributed by atoms with van der Waals surface area (Å²) in [6.07, 6.45) is 0.754. The molecule has 0 aliphatic carbocycles. The van der Waals surface area contributed by atoms with Crippen LogP contribution in [0.5, 0.6) is 11.5 Å². The highest BCUT2D eigenvalue weighted by atomic mass is 16.6. The number of benzene rings is 1. The molecule has 0 saturated carbocycles. The molecule has 24 heavy (non-hydrogen) atoms. The zero-order valence-corrected chi connectivity index (χ0v) is 13.8. The van der Waals surface area contributed by atoms with Gasteiger partial charge in [0.2, 0.25) is 0 Å². The van der Waals surface area contributed by atoms with Crippen LogP contribution in [0.2, 0.25) is 0 Å². The predicted octanol–water partition coefficient (Wildman–Crippen LogP) is 0.778. The molecular formula is C16H20N2O6. The third-order valence-electron chi connectivity index (χ3n) is 3.24. The highest BCUT2D eigenvalue weighted by Crippen LogP contribution is 2.41. The number of esters is 1. The quantitative estimate of drug-likeness (QED) is 0.770. The first kappa shape index (κ1) is 17.6. The van der Waals surface area contributed by atoms with Crippen molar-refractivity contribution in [2.75, 3.05) is 20.3 Å². The fraction of sp³-hybridized carbons (Fsp3) is 0.438. The van der Waals surface area contributed by atoms with Gasteiger partial charge in [0.05, 0.1) is 0 Å². The van der Waals surface area contributed by atoms with Gasteiger partial charge in [-0.05, 0) is 19.9 Å². The van der Waals surface area contributed by atoms with Crippen molar-refractivity contribution in [3.8, 4) is 11.5 Å². The van der Waals surface area contributed by atoms with Gasteiger partial charge in [0.1, 0.15) is 5.60 Å². The van der Waals surface area contributed by atoms with E-state index in [9.17, 15) is 14.4 Å². The fourth-order valence-electron chi connectivity index (χ4n) is 2.25. The number of para-hydroxylation sites is 1. The second-order valence-electron chi connectivity index (χ2n) is 5.86. The Labute approximate surface area is 139 Å². The lowest BCUT2D eigenvalue weighted by Gasteiger charge is -2.18. The van der Waals surface area contributed by atoms with Gasteiger partial charge in [-0.1, -0.05) is 12.1 Å². The van der Waals surface area contributed by atoms with Crippen molar-refractivity contribution in [2.45, 2.75) is 25.9 Å². The van der Waals surface area contributed by atoms with E-state index in [0.29, 0.717) is 11.5 Å². The zero-order valence-electron chi connectivity index (χ0n) is 13.8. The molecule has 0 bridgehead atoms. The molecule has 0 saturated heterocycles. The van der Waals surface area contributed by atoms with Gasteiger partial charge in [-0.3, -0.25) is 10.1 Å². The van der Waals surface area contributed by atoms with Crippen LogP contribution in [0.25, 0.3) is 0 Å². The second-order valence-corrected chi connectivity index (χ2v) is 5.86. The van der Waals surface area contributed by atoms with Crippen molar-refractivity contribution in [3.05, 3.63) is 23.8 Å². The van der Waals surface area contributed by atoms with Gasteiger partial charge in [0.15, 0.2) is 24.7 Å². The minimum absolute atomic E-state index is 0.319. The first-order valence-corrected chi connectivity index (χ1v) is 7.41. The van der Waals surface area contributed by atoms with Gasteiger partial charge in [0.25, 0.3) is 5.91 Å². The maximum atomic E-state index is 11.6. The Balaban J connectivity index is 1.82. The van der Waals surface area contributed by atoms with E-state index in [1.807, 2.05) is 31.3 Å². The summed E-state index contributed by atoms with van der Waals surface area (Å²) in [5, 5.41) is 4.19. The Kier molecular flexibility index (Phi) is 5.28. The third kappa shape index (κ3) is 4.61. The predicted molar refractivity (Wildman–Crippen MR) is 83.9 cm³/mol. The summed E-state index contributed by atoms with van der Waals surface area (Å²) in [7, 11) is 1.37. The van der Waals surface area contributed by atoms with Crippen molar-refractivity contribution in [1.82, 2.24) is 10.6 Å². The number of carbonyl (C=O) groups excluding carboxylic acids is 3. The Hall–Kier alpha value is -2.77. The monoisotopic (exact) mass is 336 g/mol. The number of rotatable bonds is 5. The number of amides is 3. The van der Waals surface area contributed by atoms with Gasteiger partial charge in [-0.25, -0.2) is 9.59 Å². The van der Waals surface area contributed by atoms with E-state index in [0.717, 1.165) is 12.0 Å². The van der Waals surface area contributed by atoms with Crippen molar-refractivity contribution in [1.29, 1.82) is 0 Å². The van der Waals surface area contributed by atoms with Crippen LogP contribution in [0.4, 0.5) is 4.79 Å². The summed E-state index contributed by atoms with van der Waals surface area (Å²) >= 11 is 0. The van der Waals surface area contributed by atoms with Crippen molar-refractivity contribution in [3.63, 3.8) is 0 Å². The molecule has 0 unspecified atom stereocenters. The maximum absolute atomic E-state index is 11.6. The molecule has 0 atom stereocenters. The molecular weight excluding hydrogens is 316 g/mol. The SMILES string of the molecule is CNC(=O)NC(=O)COC(=O)COc1cccc2c1OC(C)(C)C2. The molecule has 1 aromatic rings.